The number of nitrogens with zero attached hydrogens (tertiary/aromatic N) is 2. The molecule has 0 aliphatic rings. The molecule has 0 spiro atoms. The van der Waals surface area contributed by atoms with Crippen molar-refractivity contribution in [1.29, 1.82) is 0 Å². The Hall–Kier alpha value is -1.71. The molecule has 1 rings (SSSR count). The van der Waals surface area contributed by atoms with E-state index in [4.69, 9.17) is 10.9 Å². The van der Waals surface area contributed by atoms with Crippen LogP contribution in [0.5, 0.6) is 0 Å². The molecule has 0 fully saturated rings. The molecule has 0 radical (unpaired) electrons. The van der Waals surface area contributed by atoms with Crippen molar-refractivity contribution in [3.8, 4) is 0 Å². The van der Waals surface area contributed by atoms with Gasteiger partial charge in [-0.05, 0) is 49.9 Å². The van der Waals surface area contributed by atoms with E-state index in [-0.39, 0.29) is 5.41 Å². The molecule has 0 aliphatic carbocycles. The van der Waals surface area contributed by atoms with Crippen molar-refractivity contribution in [2.45, 2.75) is 47.0 Å². The number of nitrogens with two attached hydrogens (primary N) is 1. The summed E-state index contributed by atoms with van der Waals surface area (Å²) in [4.78, 5) is 2.29. The van der Waals surface area contributed by atoms with Crippen LogP contribution in [0.25, 0.3) is 0 Å². The third kappa shape index (κ3) is 5.29. The summed E-state index contributed by atoms with van der Waals surface area (Å²) in [5, 5.41) is 11.9. The molecule has 0 saturated carbocycles. The molecule has 0 unspecified atom stereocenters. The molecule has 0 amide bonds. The van der Waals surface area contributed by atoms with E-state index in [2.05, 4.69) is 49.1 Å². The smallest absolute Gasteiger partial charge is 0.144 e. The molecule has 4 heteroatoms. The minimum Gasteiger partial charge on any atom is -0.409 e. The molecule has 3 N–H and O–H groups in total. The number of oxime groups is 1. The van der Waals surface area contributed by atoms with Crippen LogP contribution < -0.4 is 10.6 Å². The Morgan fingerprint density at radius 1 is 1.19 bits per heavy atom. The number of hydrogen-bond acceptors (Lipinski definition) is 3. The first-order chi connectivity index (χ1) is 9.76. The Morgan fingerprint density at radius 3 is 2.29 bits per heavy atom. The zero-order chi connectivity index (χ0) is 16.0. The number of rotatable bonds is 7. The summed E-state index contributed by atoms with van der Waals surface area (Å²) in [5.41, 5.74) is 9.32. The first-order valence-corrected chi connectivity index (χ1v) is 7.53. The monoisotopic (exact) mass is 291 g/mol. The quantitative estimate of drug-likeness (QED) is 0.265. The summed E-state index contributed by atoms with van der Waals surface area (Å²) in [5.74, 6) is 0.310. The average molecular weight is 291 g/mol. The largest absolute Gasteiger partial charge is 0.409 e. The molecule has 21 heavy (non-hydrogen) atoms. The highest BCUT2D eigenvalue weighted by molar-refractivity contribution is 5.85. The van der Waals surface area contributed by atoms with Crippen LogP contribution in [-0.4, -0.2) is 24.6 Å². The van der Waals surface area contributed by atoms with E-state index in [0.29, 0.717) is 5.84 Å². The van der Waals surface area contributed by atoms with Crippen molar-refractivity contribution in [3.05, 3.63) is 29.3 Å². The lowest BCUT2D eigenvalue weighted by Gasteiger charge is -2.24. The van der Waals surface area contributed by atoms with Gasteiger partial charge in [0.2, 0.25) is 0 Å². The molecule has 118 valence electrons. The van der Waals surface area contributed by atoms with Gasteiger partial charge >= 0.3 is 0 Å². The number of amidine groups is 1. The minimum atomic E-state index is -0.243. The van der Waals surface area contributed by atoms with Crippen molar-refractivity contribution in [2.75, 3.05) is 18.5 Å². The number of benzene rings is 1. The molecule has 0 bridgehead atoms. The maximum Gasteiger partial charge on any atom is 0.144 e. The third-order valence-corrected chi connectivity index (χ3v) is 3.99. The highest BCUT2D eigenvalue weighted by Gasteiger charge is 2.22. The fourth-order valence-electron chi connectivity index (χ4n) is 2.48. The Balaban J connectivity index is 2.45. The molecular weight excluding hydrogens is 262 g/mol. The van der Waals surface area contributed by atoms with Gasteiger partial charge in [0.25, 0.3) is 0 Å². The molecule has 0 heterocycles. The standard InChI is InChI=1S/C17H29N3O/c1-13-10-14(2)12-15(11-13)20(5)9-7-6-8-17(3,4)16(18)19-21/h10-12,21H,6-9H2,1-5H3,(H2,18,19). The number of hydrogen-bond donors (Lipinski definition) is 2. The van der Waals surface area contributed by atoms with Gasteiger partial charge in [-0.25, -0.2) is 0 Å². The van der Waals surface area contributed by atoms with E-state index in [9.17, 15) is 0 Å². The normalized spacial score (nSPS) is 12.5. The number of aryl methyl sites for hydroxylation is 2. The van der Waals surface area contributed by atoms with E-state index >= 15 is 0 Å². The van der Waals surface area contributed by atoms with E-state index < -0.39 is 0 Å². The maximum absolute atomic E-state index is 8.77. The summed E-state index contributed by atoms with van der Waals surface area (Å²) < 4.78 is 0. The van der Waals surface area contributed by atoms with Crippen molar-refractivity contribution in [1.82, 2.24) is 0 Å². The lowest BCUT2D eigenvalue weighted by molar-refractivity contribution is 0.304. The highest BCUT2D eigenvalue weighted by Crippen LogP contribution is 2.24. The van der Waals surface area contributed by atoms with Gasteiger partial charge < -0.3 is 15.8 Å². The van der Waals surface area contributed by atoms with Crippen LogP contribution in [0.3, 0.4) is 0 Å². The minimum absolute atomic E-state index is 0.243. The SMILES string of the molecule is Cc1cc(C)cc(N(C)CCCCC(C)(C)/C(N)=N/O)c1. The highest BCUT2D eigenvalue weighted by atomic mass is 16.4. The van der Waals surface area contributed by atoms with Crippen LogP contribution in [0, 0.1) is 19.3 Å². The van der Waals surface area contributed by atoms with Crippen molar-refractivity contribution in [2.24, 2.45) is 16.3 Å². The Morgan fingerprint density at radius 2 is 1.76 bits per heavy atom. The molecular formula is C17H29N3O. The van der Waals surface area contributed by atoms with Crippen LogP contribution in [0.1, 0.15) is 44.2 Å². The summed E-state index contributed by atoms with van der Waals surface area (Å²) in [7, 11) is 2.13. The van der Waals surface area contributed by atoms with Gasteiger partial charge in [0.05, 0.1) is 0 Å². The Labute approximate surface area is 128 Å². The van der Waals surface area contributed by atoms with Crippen LogP contribution in [0.4, 0.5) is 5.69 Å². The van der Waals surface area contributed by atoms with Gasteiger partial charge in [-0.1, -0.05) is 31.5 Å². The Bertz CT molecular complexity index is 475. The summed E-state index contributed by atoms with van der Waals surface area (Å²) in [6.07, 6.45) is 3.06. The fourth-order valence-corrected chi connectivity index (χ4v) is 2.48. The fraction of sp³-hybridized carbons (Fsp3) is 0.588. The first kappa shape index (κ1) is 17.3. The first-order valence-electron chi connectivity index (χ1n) is 7.53. The second kappa shape index (κ2) is 7.34. The number of unbranched alkanes of at least 4 members (excludes halogenated alkanes) is 1. The van der Waals surface area contributed by atoms with Gasteiger partial charge in [0.1, 0.15) is 5.84 Å². The van der Waals surface area contributed by atoms with Crippen molar-refractivity contribution >= 4 is 11.5 Å². The van der Waals surface area contributed by atoms with Crippen LogP contribution >= 0.6 is 0 Å². The molecule has 4 nitrogen and oxygen atoms in total. The number of anilines is 1. The molecule has 1 aromatic carbocycles. The molecule has 0 aromatic heterocycles. The van der Waals surface area contributed by atoms with Gasteiger partial charge in [0, 0.05) is 24.7 Å². The molecule has 1 aromatic rings. The van der Waals surface area contributed by atoms with E-state index in [1.807, 2.05) is 13.8 Å². The molecule has 0 atom stereocenters. The lowest BCUT2D eigenvalue weighted by Crippen LogP contribution is -2.32. The molecule has 0 saturated heterocycles. The molecule has 0 aliphatic heterocycles. The van der Waals surface area contributed by atoms with Crippen LogP contribution in [-0.2, 0) is 0 Å². The predicted octanol–water partition coefficient (Wildman–Crippen LogP) is 3.68. The average Bonchev–Trinajstić information content (AvgIpc) is 2.41. The summed E-state index contributed by atoms with van der Waals surface area (Å²) in [6, 6.07) is 6.62. The van der Waals surface area contributed by atoms with Crippen LogP contribution in [0.2, 0.25) is 0 Å². The third-order valence-electron chi connectivity index (χ3n) is 3.99. The van der Waals surface area contributed by atoms with Crippen molar-refractivity contribution < 1.29 is 5.21 Å². The van der Waals surface area contributed by atoms with Crippen LogP contribution in [0.15, 0.2) is 23.4 Å². The van der Waals surface area contributed by atoms with Gasteiger partial charge in [-0.15, -0.1) is 0 Å². The lowest BCUT2D eigenvalue weighted by atomic mass is 9.86. The van der Waals surface area contributed by atoms with E-state index in [1.54, 1.807) is 0 Å². The van der Waals surface area contributed by atoms with Crippen molar-refractivity contribution in [3.63, 3.8) is 0 Å². The summed E-state index contributed by atoms with van der Waals surface area (Å²) >= 11 is 0. The van der Waals surface area contributed by atoms with Gasteiger partial charge in [0.15, 0.2) is 0 Å². The summed E-state index contributed by atoms with van der Waals surface area (Å²) in [6.45, 7) is 9.29. The Kier molecular flexibility index (Phi) is 6.06. The van der Waals surface area contributed by atoms with Gasteiger partial charge in [-0.3, -0.25) is 0 Å². The van der Waals surface area contributed by atoms with E-state index in [0.717, 1.165) is 25.8 Å². The van der Waals surface area contributed by atoms with E-state index in [1.165, 1.54) is 16.8 Å². The zero-order valence-corrected chi connectivity index (χ0v) is 14.0. The second-order valence-electron chi connectivity index (χ2n) is 6.59. The van der Waals surface area contributed by atoms with Gasteiger partial charge in [-0.2, -0.15) is 0 Å². The second-order valence-corrected chi connectivity index (χ2v) is 6.59. The predicted molar refractivity (Wildman–Crippen MR) is 90.2 cm³/mol. The topological polar surface area (TPSA) is 61.8 Å². The zero-order valence-electron chi connectivity index (χ0n) is 14.0. The maximum atomic E-state index is 8.77.